The highest BCUT2D eigenvalue weighted by Crippen LogP contribution is 2.27. The third-order valence-corrected chi connectivity index (χ3v) is 4.54. The van der Waals surface area contributed by atoms with E-state index in [0.717, 1.165) is 24.5 Å². The molecule has 2 heterocycles. The number of nitrogens with two attached hydrogens (primary N) is 1. The Balaban J connectivity index is 1.59. The Bertz CT molecular complexity index is 564. The molecule has 0 aliphatic carbocycles. The third-order valence-electron chi connectivity index (χ3n) is 3.65. The highest BCUT2D eigenvalue weighted by molar-refractivity contribution is 7.98. The van der Waals surface area contributed by atoms with Crippen molar-refractivity contribution in [2.45, 2.75) is 36.7 Å². The summed E-state index contributed by atoms with van der Waals surface area (Å²) in [6, 6.07) is 8.53. The van der Waals surface area contributed by atoms with Gasteiger partial charge in [0.1, 0.15) is 0 Å². The molecule has 20 heavy (non-hydrogen) atoms. The van der Waals surface area contributed by atoms with Crippen LogP contribution in [-0.4, -0.2) is 23.3 Å². The smallest absolute Gasteiger partial charge is 0.276 e. The molecule has 1 aromatic heterocycles. The summed E-state index contributed by atoms with van der Waals surface area (Å²) in [6.07, 6.45) is 2.29. The second-order valence-electron chi connectivity index (χ2n) is 5.32. The fourth-order valence-corrected chi connectivity index (χ4v) is 3.28. The summed E-state index contributed by atoms with van der Waals surface area (Å²) in [7, 11) is 0. The number of aromatic nitrogens is 2. The van der Waals surface area contributed by atoms with Gasteiger partial charge in [-0.3, -0.25) is 0 Å². The number of rotatable bonds is 4. The van der Waals surface area contributed by atoms with Gasteiger partial charge in [0, 0.05) is 24.5 Å². The number of thioether (sulfide) groups is 1. The molecule has 1 aliphatic heterocycles. The lowest BCUT2D eigenvalue weighted by atomic mass is 9.98. The van der Waals surface area contributed by atoms with E-state index in [2.05, 4.69) is 46.7 Å². The molecule has 0 radical (unpaired) electrons. The van der Waals surface area contributed by atoms with Crippen LogP contribution in [0.5, 0.6) is 0 Å². The Hall–Kier alpha value is -1.33. The van der Waals surface area contributed by atoms with Crippen molar-refractivity contribution in [2.24, 2.45) is 0 Å². The topological polar surface area (TPSA) is 55.5 Å². The molecule has 1 aromatic carbocycles. The van der Waals surface area contributed by atoms with E-state index in [1.54, 1.807) is 11.8 Å². The molecule has 1 saturated heterocycles. The number of quaternary nitrogens is 1. The van der Waals surface area contributed by atoms with Crippen LogP contribution in [0.25, 0.3) is 0 Å². The molecule has 2 aromatic rings. The van der Waals surface area contributed by atoms with Crippen molar-refractivity contribution in [3.05, 3.63) is 41.3 Å². The van der Waals surface area contributed by atoms with Gasteiger partial charge in [-0.25, -0.2) is 0 Å². The van der Waals surface area contributed by atoms with Crippen molar-refractivity contribution < 1.29 is 9.73 Å². The lowest BCUT2D eigenvalue weighted by Crippen LogP contribution is -2.86. The van der Waals surface area contributed by atoms with Gasteiger partial charge in [-0.1, -0.05) is 41.6 Å². The van der Waals surface area contributed by atoms with E-state index in [1.807, 2.05) is 0 Å². The van der Waals surface area contributed by atoms with E-state index in [9.17, 15) is 0 Å². The molecule has 2 N–H and O–H groups in total. The zero-order chi connectivity index (χ0) is 13.8. The second-order valence-corrected chi connectivity index (χ2v) is 6.25. The van der Waals surface area contributed by atoms with Crippen LogP contribution < -0.4 is 5.32 Å². The van der Waals surface area contributed by atoms with Crippen molar-refractivity contribution in [1.82, 2.24) is 10.2 Å². The van der Waals surface area contributed by atoms with Crippen molar-refractivity contribution in [2.75, 3.05) is 13.1 Å². The molecule has 0 spiro atoms. The summed E-state index contributed by atoms with van der Waals surface area (Å²) in [5.41, 5.74) is 2.58. The van der Waals surface area contributed by atoms with E-state index in [4.69, 9.17) is 4.42 Å². The molecule has 5 heteroatoms. The molecule has 3 rings (SSSR count). The number of piperidine rings is 1. The molecular formula is C15H20N3OS+. The molecule has 0 amide bonds. The molecule has 0 bridgehead atoms. The van der Waals surface area contributed by atoms with Crippen LogP contribution >= 0.6 is 11.8 Å². The zero-order valence-electron chi connectivity index (χ0n) is 11.7. The molecule has 4 nitrogen and oxygen atoms in total. The summed E-state index contributed by atoms with van der Waals surface area (Å²) in [4.78, 5) is 0. The summed E-state index contributed by atoms with van der Waals surface area (Å²) in [5.74, 6) is 2.16. The Morgan fingerprint density at radius 1 is 1.30 bits per heavy atom. The van der Waals surface area contributed by atoms with Gasteiger partial charge in [-0.15, -0.1) is 10.2 Å². The van der Waals surface area contributed by atoms with Crippen LogP contribution in [0.15, 0.2) is 33.9 Å². The van der Waals surface area contributed by atoms with Crippen molar-refractivity contribution in [3.63, 3.8) is 0 Å². The fourth-order valence-electron chi connectivity index (χ4n) is 2.56. The lowest BCUT2D eigenvalue weighted by Gasteiger charge is -2.16. The molecule has 0 unspecified atom stereocenters. The predicted octanol–water partition coefficient (Wildman–Crippen LogP) is 2.11. The fraction of sp³-hybridized carbons (Fsp3) is 0.467. The average molecular weight is 290 g/mol. The van der Waals surface area contributed by atoms with Gasteiger partial charge in [-0.2, -0.15) is 0 Å². The van der Waals surface area contributed by atoms with Crippen LogP contribution in [0.1, 0.15) is 35.8 Å². The summed E-state index contributed by atoms with van der Waals surface area (Å²) >= 11 is 1.62. The Kier molecular flexibility index (Phi) is 4.38. The van der Waals surface area contributed by atoms with E-state index < -0.39 is 0 Å². The first kappa shape index (κ1) is 13.6. The van der Waals surface area contributed by atoms with E-state index in [-0.39, 0.29) is 0 Å². The van der Waals surface area contributed by atoms with Gasteiger partial charge in [0.25, 0.3) is 5.22 Å². The maximum atomic E-state index is 5.80. The Morgan fingerprint density at radius 2 is 2.15 bits per heavy atom. The Morgan fingerprint density at radius 3 is 2.95 bits per heavy atom. The number of nitrogens with zero attached hydrogens (tertiary/aromatic N) is 2. The number of benzene rings is 1. The lowest BCUT2D eigenvalue weighted by molar-refractivity contribution is -0.663. The second kappa shape index (κ2) is 6.41. The van der Waals surface area contributed by atoms with Crippen molar-refractivity contribution in [3.8, 4) is 0 Å². The SMILES string of the molecule is Cc1cccc(CSc2nnc(C3CC[NH2+]CC3)o2)c1. The van der Waals surface area contributed by atoms with Gasteiger partial charge < -0.3 is 9.73 Å². The zero-order valence-corrected chi connectivity index (χ0v) is 12.5. The normalized spacial score (nSPS) is 16.4. The monoisotopic (exact) mass is 290 g/mol. The highest BCUT2D eigenvalue weighted by Gasteiger charge is 2.23. The maximum absolute atomic E-state index is 5.80. The summed E-state index contributed by atoms with van der Waals surface area (Å²) in [6.45, 7) is 4.44. The van der Waals surface area contributed by atoms with Gasteiger partial charge >= 0.3 is 0 Å². The quantitative estimate of drug-likeness (QED) is 0.876. The number of hydrogen-bond donors (Lipinski definition) is 1. The first-order valence-corrected chi connectivity index (χ1v) is 8.13. The number of hydrogen-bond acceptors (Lipinski definition) is 4. The molecule has 106 valence electrons. The van der Waals surface area contributed by atoms with E-state index in [0.29, 0.717) is 11.1 Å². The van der Waals surface area contributed by atoms with Crippen LogP contribution in [0.4, 0.5) is 0 Å². The largest absolute Gasteiger partial charge is 0.416 e. The summed E-state index contributed by atoms with van der Waals surface area (Å²) in [5, 5.41) is 11.4. The van der Waals surface area contributed by atoms with Crippen LogP contribution in [0.2, 0.25) is 0 Å². The molecule has 0 atom stereocenters. The van der Waals surface area contributed by atoms with Crippen molar-refractivity contribution in [1.29, 1.82) is 0 Å². The summed E-state index contributed by atoms with van der Waals surface area (Å²) < 4.78 is 5.80. The van der Waals surface area contributed by atoms with Gasteiger partial charge in [-0.05, 0) is 12.5 Å². The molecule has 1 aliphatic rings. The van der Waals surface area contributed by atoms with Crippen molar-refractivity contribution >= 4 is 11.8 Å². The molecule has 0 saturated carbocycles. The maximum Gasteiger partial charge on any atom is 0.276 e. The van der Waals surface area contributed by atoms with E-state index >= 15 is 0 Å². The Labute approximate surface area is 123 Å². The van der Waals surface area contributed by atoms with Gasteiger partial charge in [0.15, 0.2) is 0 Å². The van der Waals surface area contributed by atoms with Crippen LogP contribution in [-0.2, 0) is 5.75 Å². The standard InChI is InChI=1S/C15H19N3OS/c1-11-3-2-4-12(9-11)10-20-15-18-17-14(19-15)13-5-7-16-8-6-13/h2-4,9,13,16H,5-8,10H2,1H3/p+1. The molecule has 1 fully saturated rings. The van der Waals surface area contributed by atoms with Gasteiger partial charge in [0.2, 0.25) is 5.89 Å². The van der Waals surface area contributed by atoms with Crippen LogP contribution in [0, 0.1) is 6.92 Å². The highest BCUT2D eigenvalue weighted by atomic mass is 32.2. The van der Waals surface area contributed by atoms with E-state index in [1.165, 1.54) is 24.2 Å². The van der Waals surface area contributed by atoms with Gasteiger partial charge in [0.05, 0.1) is 13.1 Å². The average Bonchev–Trinajstić information content (AvgIpc) is 2.95. The number of aryl methyl sites for hydroxylation is 1. The first-order chi connectivity index (χ1) is 9.81. The first-order valence-electron chi connectivity index (χ1n) is 7.14. The minimum Gasteiger partial charge on any atom is -0.416 e. The minimum absolute atomic E-state index is 0.459. The molecular weight excluding hydrogens is 270 g/mol. The van der Waals surface area contributed by atoms with Crippen LogP contribution in [0.3, 0.4) is 0 Å². The third kappa shape index (κ3) is 3.41. The minimum atomic E-state index is 0.459. The predicted molar refractivity (Wildman–Crippen MR) is 78.7 cm³/mol.